The summed E-state index contributed by atoms with van der Waals surface area (Å²) in [6, 6.07) is 1.18. The number of piperazine rings is 1. The number of rotatable bonds is 6. The highest BCUT2D eigenvalue weighted by molar-refractivity contribution is 4.89. The molecule has 0 spiro atoms. The van der Waals surface area contributed by atoms with E-state index in [1.165, 1.54) is 32.7 Å². The van der Waals surface area contributed by atoms with Gasteiger partial charge in [-0.05, 0) is 27.1 Å². The van der Waals surface area contributed by atoms with Gasteiger partial charge in [0.1, 0.15) is 0 Å². The molecule has 0 aromatic heterocycles. The third kappa shape index (κ3) is 4.67. The van der Waals surface area contributed by atoms with Gasteiger partial charge in [-0.1, -0.05) is 6.92 Å². The van der Waals surface area contributed by atoms with E-state index in [-0.39, 0.29) is 0 Å². The van der Waals surface area contributed by atoms with Crippen LogP contribution in [0.2, 0.25) is 0 Å². The van der Waals surface area contributed by atoms with Gasteiger partial charge in [0.15, 0.2) is 0 Å². The van der Waals surface area contributed by atoms with Crippen molar-refractivity contribution in [1.82, 2.24) is 20.0 Å². The number of hydrogen-bond acceptors (Lipinski definition) is 5. The van der Waals surface area contributed by atoms with Crippen LogP contribution in [0.3, 0.4) is 0 Å². The highest BCUT2D eigenvalue weighted by Crippen LogP contribution is 2.16. The van der Waals surface area contributed by atoms with Crippen LogP contribution in [0.4, 0.5) is 0 Å². The molecule has 1 N–H and O–H groups in total. The number of likely N-dealkylation sites (N-methyl/N-ethyl adjacent to an activating group) is 2. The average molecular weight is 284 g/mol. The molecular weight excluding hydrogens is 252 g/mol. The molecule has 2 fully saturated rings. The summed E-state index contributed by atoms with van der Waals surface area (Å²) in [6.07, 6.45) is 1.15. The fourth-order valence-corrected chi connectivity index (χ4v) is 3.24. The van der Waals surface area contributed by atoms with Gasteiger partial charge in [-0.25, -0.2) is 0 Å². The molecule has 2 atom stereocenters. The highest BCUT2D eigenvalue weighted by atomic mass is 16.5. The minimum absolute atomic E-state index is 0.569. The van der Waals surface area contributed by atoms with Gasteiger partial charge in [-0.15, -0.1) is 0 Å². The van der Waals surface area contributed by atoms with Crippen molar-refractivity contribution in [3.8, 4) is 0 Å². The summed E-state index contributed by atoms with van der Waals surface area (Å²) in [5.41, 5.74) is 0. The Hall–Kier alpha value is -0.200. The Morgan fingerprint density at radius 1 is 1.20 bits per heavy atom. The molecule has 0 amide bonds. The van der Waals surface area contributed by atoms with Crippen molar-refractivity contribution in [3.63, 3.8) is 0 Å². The maximum Gasteiger partial charge on any atom is 0.0637 e. The number of nitrogens with zero attached hydrogens (tertiary/aromatic N) is 3. The molecule has 0 radical (unpaired) electrons. The first kappa shape index (κ1) is 16.2. The van der Waals surface area contributed by atoms with Gasteiger partial charge in [0.25, 0.3) is 0 Å². The van der Waals surface area contributed by atoms with E-state index in [0.29, 0.717) is 12.1 Å². The van der Waals surface area contributed by atoms with Gasteiger partial charge >= 0.3 is 0 Å². The Bertz CT molecular complexity index is 265. The maximum absolute atomic E-state index is 5.72. The van der Waals surface area contributed by atoms with Crippen LogP contribution < -0.4 is 5.32 Å². The van der Waals surface area contributed by atoms with E-state index in [0.717, 1.165) is 32.7 Å². The van der Waals surface area contributed by atoms with Gasteiger partial charge in [-0.3, -0.25) is 9.80 Å². The molecule has 2 rings (SSSR count). The number of nitrogens with one attached hydrogen (secondary N) is 1. The molecule has 0 aliphatic carbocycles. The van der Waals surface area contributed by atoms with Crippen LogP contribution >= 0.6 is 0 Å². The molecule has 2 aliphatic rings. The number of ether oxygens (including phenoxy) is 1. The molecule has 118 valence electrons. The van der Waals surface area contributed by atoms with E-state index in [2.05, 4.69) is 41.0 Å². The Kier molecular flexibility index (Phi) is 6.71. The standard InChI is InChI=1S/C15H32N4O/c1-4-16-14-5-12-20-13-15(14)19-10-8-18(9-11-19)7-6-17(2)3/h14-16H,4-13H2,1-3H3. The van der Waals surface area contributed by atoms with Crippen molar-refractivity contribution in [3.05, 3.63) is 0 Å². The molecule has 2 saturated heterocycles. The summed E-state index contributed by atoms with van der Waals surface area (Å²) < 4.78 is 5.72. The molecular formula is C15H32N4O. The molecule has 0 aromatic carbocycles. The molecule has 2 unspecified atom stereocenters. The van der Waals surface area contributed by atoms with E-state index in [4.69, 9.17) is 4.74 Å². The van der Waals surface area contributed by atoms with Gasteiger partial charge in [-0.2, -0.15) is 0 Å². The lowest BCUT2D eigenvalue weighted by Crippen LogP contribution is -2.60. The van der Waals surface area contributed by atoms with Crippen molar-refractivity contribution in [2.45, 2.75) is 25.4 Å². The van der Waals surface area contributed by atoms with E-state index in [1.54, 1.807) is 0 Å². The van der Waals surface area contributed by atoms with Crippen molar-refractivity contribution in [1.29, 1.82) is 0 Å². The Balaban J connectivity index is 1.76. The summed E-state index contributed by atoms with van der Waals surface area (Å²) in [4.78, 5) is 7.49. The molecule has 0 saturated carbocycles. The largest absolute Gasteiger partial charge is 0.380 e. The molecule has 0 bridgehead atoms. The second-order valence-electron chi connectivity index (χ2n) is 6.28. The van der Waals surface area contributed by atoms with Crippen LogP contribution in [0, 0.1) is 0 Å². The van der Waals surface area contributed by atoms with Crippen LogP contribution in [0.1, 0.15) is 13.3 Å². The first-order chi connectivity index (χ1) is 9.70. The molecule has 5 heteroatoms. The smallest absolute Gasteiger partial charge is 0.0637 e. The van der Waals surface area contributed by atoms with Gasteiger partial charge in [0, 0.05) is 58.0 Å². The van der Waals surface area contributed by atoms with Crippen molar-refractivity contribution < 1.29 is 4.74 Å². The van der Waals surface area contributed by atoms with Crippen molar-refractivity contribution in [2.75, 3.05) is 73.1 Å². The SMILES string of the molecule is CCNC1CCOCC1N1CCN(CCN(C)C)CC1. The predicted octanol–water partition coefficient (Wildman–Crippen LogP) is -0.0674. The van der Waals surface area contributed by atoms with Gasteiger partial charge in [0.05, 0.1) is 6.61 Å². The predicted molar refractivity (Wildman–Crippen MR) is 83.3 cm³/mol. The first-order valence-corrected chi connectivity index (χ1v) is 8.13. The van der Waals surface area contributed by atoms with Crippen LogP contribution in [-0.4, -0.2) is 99.9 Å². The molecule has 20 heavy (non-hydrogen) atoms. The van der Waals surface area contributed by atoms with E-state index in [9.17, 15) is 0 Å². The Labute approximate surface area is 124 Å². The van der Waals surface area contributed by atoms with E-state index in [1.807, 2.05) is 0 Å². The lowest BCUT2D eigenvalue weighted by Gasteiger charge is -2.44. The monoisotopic (exact) mass is 284 g/mol. The topological polar surface area (TPSA) is 31.0 Å². The normalized spacial score (nSPS) is 30.0. The van der Waals surface area contributed by atoms with E-state index >= 15 is 0 Å². The molecule has 2 aliphatic heterocycles. The fraction of sp³-hybridized carbons (Fsp3) is 1.00. The molecule has 5 nitrogen and oxygen atoms in total. The maximum atomic E-state index is 5.72. The van der Waals surface area contributed by atoms with Crippen LogP contribution in [0.5, 0.6) is 0 Å². The fourth-order valence-electron chi connectivity index (χ4n) is 3.24. The second kappa shape index (κ2) is 8.29. The van der Waals surface area contributed by atoms with Gasteiger partial charge in [0.2, 0.25) is 0 Å². The Morgan fingerprint density at radius 2 is 1.95 bits per heavy atom. The quantitative estimate of drug-likeness (QED) is 0.738. The zero-order valence-corrected chi connectivity index (χ0v) is 13.5. The molecule has 2 heterocycles. The Morgan fingerprint density at radius 3 is 2.60 bits per heavy atom. The van der Waals surface area contributed by atoms with Gasteiger partial charge < -0.3 is 15.0 Å². The average Bonchev–Trinajstić information content (AvgIpc) is 2.47. The third-order valence-corrected chi connectivity index (χ3v) is 4.53. The lowest BCUT2D eigenvalue weighted by atomic mass is 10.0. The lowest BCUT2D eigenvalue weighted by molar-refractivity contribution is -0.0200. The third-order valence-electron chi connectivity index (χ3n) is 4.53. The summed E-state index contributed by atoms with van der Waals surface area (Å²) in [7, 11) is 4.30. The van der Waals surface area contributed by atoms with Crippen LogP contribution in [-0.2, 0) is 4.74 Å². The second-order valence-corrected chi connectivity index (χ2v) is 6.28. The molecule has 0 aromatic rings. The summed E-state index contributed by atoms with van der Waals surface area (Å²) in [5.74, 6) is 0. The number of hydrogen-bond donors (Lipinski definition) is 1. The minimum Gasteiger partial charge on any atom is -0.380 e. The highest BCUT2D eigenvalue weighted by Gasteiger charge is 2.32. The van der Waals surface area contributed by atoms with Crippen molar-refractivity contribution in [2.24, 2.45) is 0 Å². The summed E-state index contributed by atoms with van der Waals surface area (Å²) in [6.45, 7) is 12.2. The minimum atomic E-state index is 0.569. The van der Waals surface area contributed by atoms with Crippen LogP contribution in [0.15, 0.2) is 0 Å². The van der Waals surface area contributed by atoms with Crippen molar-refractivity contribution >= 4 is 0 Å². The van der Waals surface area contributed by atoms with Crippen LogP contribution in [0.25, 0.3) is 0 Å². The zero-order chi connectivity index (χ0) is 14.4. The van der Waals surface area contributed by atoms with E-state index < -0.39 is 0 Å². The first-order valence-electron chi connectivity index (χ1n) is 8.13. The zero-order valence-electron chi connectivity index (χ0n) is 13.5. The summed E-state index contributed by atoms with van der Waals surface area (Å²) in [5, 5.41) is 3.64. The summed E-state index contributed by atoms with van der Waals surface area (Å²) >= 11 is 0.